The van der Waals surface area contributed by atoms with Crippen LogP contribution in [0.15, 0.2) is 48.7 Å². The normalized spacial score (nSPS) is 11.7. The summed E-state index contributed by atoms with van der Waals surface area (Å²) in [5.41, 5.74) is 1.46. The fraction of sp³-hybridized carbons (Fsp3) is 0.278. The van der Waals surface area contributed by atoms with E-state index in [1.54, 1.807) is 0 Å². The highest BCUT2D eigenvalue weighted by atomic mass is 16.4. The van der Waals surface area contributed by atoms with Crippen LogP contribution in [0.1, 0.15) is 46.2 Å². The lowest BCUT2D eigenvalue weighted by molar-refractivity contribution is 0.0689. The molecule has 1 atom stereocenters. The van der Waals surface area contributed by atoms with Crippen molar-refractivity contribution in [2.24, 2.45) is 0 Å². The minimum atomic E-state index is -1.11. The lowest BCUT2D eigenvalue weighted by atomic mass is 10.0. The van der Waals surface area contributed by atoms with Crippen molar-refractivity contribution in [3.63, 3.8) is 0 Å². The van der Waals surface area contributed by atoms with E-state index in [-0.39, 0.29) is 17.6 Å². The molecule has 0 bridgehead atoms. The van der Waals surface area contributed by atoms with E-state index in [9.17, 15) is 9.59 Å². The Balaban J connectivity index is 2.03. The Bertz CT molecular complexity index is 654. The van der Waals surface area contributed by atoms with Crippen LogP contribution in [0.5, 0.6) is 0 Å². The largest absolute Gasteiger partial charge is 0.477 e. The van der Waals surface area contributed by atoms with E-state index in [0.717, 1.165) is 19.3 Å². The molecule has 1 unspecified atom stereocenters. The van der Waals surface area contributed by atoms with Gasteiger partial charge in [-0.3, -0.25) is 4.79 Å². The van der Waals surface area contributed by atoms with Crippen LogP contribution in [0, 0.1) is 0 Å². The predicted molar refractivity (Wildman–Crippen MR) is 87.5 cm³/mol. The van der Waals surface area contributed by atoms with E-state index < -0.39 is 5.97 Å². The summed E-state index contributed by atoms with van der Waals surface area (Å²) >= 11 is 0. The van der Waals surface area contributed by atoms with E-state index in [0.29, 0.717) is 5.56 Å². The van der Waals surface area contributed by atoms with Gasteiger partial charge in [-0.1, -0.05) is 43.7 Å². The van der Waals surface area contributed by atoms with Gasteiger partial charge in [-0.15, -0.1) is 0 Å². The van der Waals surface area contributed by atoms with Crippen LogP contribution in [0.4, 0.5) is 0 Å². The fourth-order valence-electron chi connectivity index (χ4n) is 2.40. The number of carbonyl (C=O) groups is 2. The summed E-state index contributed by atoms with van der Waals surface area (Å²) in [7, 11) is 0. The number of carboxylic acid groups (broad SMARTS) is 1. The SMILES string of the molecule is CCCC(Cc1ccccc1)NC(=O)c1ccc(C(=O)O)nc1. The van der Waals surface area contributed by atoms with Crippen LogP contribution < -0.4 is 5.32 Å². The number of aromatic nitrogens is 1. The van der Waals surface area contributed by atoms with Gasteiger partial charge in [0.05, 0.1) is 5.56 Å². The van der Waals surface area contributed by atoms with Gasteiger partial charge in [-0.2, -0.15) is 0 Å². The first kappa shape index (κ1) is 16.7. The monoisotopic (exact) mass is 312 g/mol. The molecule has 2 aromatic rings. The van der Waals surface area contributed by atoms with E-state index in [4.69, 9.17) is 5.11 Å². The number of pyridine rings is 1. The molecule has 1 aromatic carbocycles. The van der Waals surface area contributed by atoms with Gasteiger partial charge < -0.3 is 10.4 Å². The maximum absolute atomic E-state index is 12.3. The summed E-state index contributed by atoms with van der Waals surface area (Å²) < 4.78 is 0. The second-order valence-electron chi connectivity index (χ2n) is 5.39. The third-order valence-electron chi connectivity index (χ3n) is 3.54. The number of hydrogen-bond acceptors (Lipinski definition) is 3. The maximum atomic E-state index is 12.3. The number of hydrogen-bond donors (Lipinski definition) is 2. The van der Waals surface area contributed by atoms with Gasteiger partial charge in [0, 0.05) is 12.2 Å². The summed E-state index contributed by atoms with van der Waals surface area (Å²) in [4.78, 5) is 26.9. The van der Waals surface area contributed by atoms with Crippen molar-refractivity contribution in [2.75, 3.05) is 0 Å². The molecule has 2 N–H and O–H groups in total. The second kappa shape index (κ2) is 8.08. The molecule has 120 valence electrons. The molecule has 0 aliphatic carbocycles. The summed E-state index contributed by atoms with van der Waals surface area (Å²) in [6, 6.07) is 12.9. The van der Waals surface area contributed by atoms with Crippen LogP contribution in [-0.2, 0) is 6.42 Å². The summed E-state index contributed by atoms with van der Waals surface area (Å²) in [6.45, 7) is 2.08. The number of amides is 1. The molecule has 0 saturated carbocycles. The molecule has 0 aliphatic heterocycles. The molecule has 0 aliphatic rings. The standard InChI is InChI=1S/C18H20N2O3/c1-2-6-15(11-13-7-4-3-5-8-13)20-17(21)14-9-10-16(18(22)23)19-12-14/h3-5,7-10,12,15H,2,6,11H2,1H3,(H,20,21)(H,22,23). The molecular formula is C18H20N2O3. The Labute approximate surface area is 135 Å². The fourth-order valence-corrected chi connectivity index (χ4v) is 2.40. The molecule has 1 heterocycles. The Morgan fingerprint density at radius 3 is 2.48 bits per heavy atom. The Morgan fingerprint density at radius 1 is 1.17 bits per heavy atom. The number of benzene rings is 1. The minimum absolute atomic E-state index is 0.0362. The first-order valence-electron chi connectivity index (χ1n) is 7.64. The van der Waals surface area contributed by atoms with Gasteiger partial charge in [0.15, 0.2) is 0 Å². The molecule has 1 aromatic heterocycles. The van der Waals surface area contributed by atoms with E-state index in [1.807, 2.05) is 30.3 Å². The zero-order valence-corrected chi connectivity index (χ0v) is 13.0. The van der Waals surface area contributed by atoms with E-state index in [2.05, 4.69) is 17.2 Å². The quantitative estimate of drug-likeness (QED) is 0.824. The molecule has 0 spiro atoms. The Kier molecular flexibility index (Phi) is 5.86. The predicted octanol–water partition coefficient (Wildman–Crippen LogP) is 2.92. The average Bonchev–Trinajstić information content (AvgIpc) is 2.56. The number of aromatic carboxylic acids is 1. The summed E-state index contributed by atoms with van der Waals surface area (Å²) in [5, 5.41) is 11.8. The van der Waals surface area contributed by atoms with E-state index >= 15 is 0 Å². The molecule has 1 amide bonds. The number of rotatable bonds is 7. The number of carbonyl (C=O) groups excluding carboxylic acids is 1. The molecule has 23 heavy (non-hydrogen) atoms. The molecule has 0 saturated heterocycles. The highest BCUT2D eigenvalue weighted by Crippen LogP contribution is 2.09. The van der Waals surface area contributed by atoms with Crippen molar-refractivity contribution < 1.29 is 14.7 Å². The van der Waals surface area contributed by atoms with Crippen molar-refractivity contribution in [2.45, 2.75) is 32.2 Å². The van der Waals surface area contributed by atoms with Gasteiger partial charge in [0.25, 0.3) is 5.91 Å². The topological polar surface area (TPSA) is 79.3 Å². The number of nitrogens with zero attached hydrogens (tertiary/aromatic N) is 1. The lowest BCUT2D eigenvalue weighted by Gasteiger charge is -2.18. The van der Waals surface area contributed by atoms with Crippen LogP contribution in [0.25, 0.3) is 0 Å². The summed E-state index contributed by atoms with van der Waals surface area (Å²) in [6.07, 6.45) is 3.90. The molecule has 2 rings (SSSR count). The zero-order chi connectivity index (χ0) is 16.7. The van der Waals surface area contributed by atoms with E-state index in [1.165, 1.54) is 23.9 Å². The van der Waals surface area contributed by atoms with Gasteiger partial charge in [0.2, 0.25) is 0 Å². The third-order valence-corrected chi connectivity index (χ3v) is 3.54. The first-order valence-corrected chi connectivity index (χ1v) is 7.64. The molecule has 5 nitrogen and oxygen atoms in total. The molecule has 0 radical (unpaired) electrons. The smallest absolute Gasteiger partial charge is 0.354 e. The van der Waals surface area contributed by atoms with Crippen molar-refractivity contribution in [1.29, 1.82) is 0 Å². The van der Waals surface area contributed by atoms with Crippen molar-refractivity contribution in [3.05, 3.63) is 65.5 Å². The van der Waals surface area contributed by atoms with Crippen LogP contribution in [0.3, 0.4) is 0 Å². The van der Waals surface area contributed by atoms with Crippen molar-refractivity contribution >= 4 is 11.9 Å². The van der Waals surface area contributed by atoms with Gasteiger partial charge >= 0.3 is 5.97 Å². The summed E-state index contributed by atoms with van der Waals surface area (Å²) in [5.74, 6) is -1.34. The molecular weight excluding hydrogens is 292 g/mol. The molecule has 5 heteroatoms. The van der Waals surface area contributed by atoms with Crippen molar-refractivity contribution in [3.8, 4) is 0 Å². The molecule has 0 fully saturated rings. The van der Waals surface area contributed by atoms with Crippen LogP contribution >= 0.6 is 0 Å². The van der Waals surface area contributed by atoms with Crippen LogP contribution in [0.2, 0.25) is 0 Å². The Morgan fingerprint density at radius 2 is 1.91 bits per heavy atom. The zero-order valence-electron chi connectivity index (χ0n) is 13.0. The minimum Gasteiger partial charge on any atom is -0.477 e. The lowest BCUT2D eigenvalue weighted by Crippen LogP contribution is -2.36. The van der Waals surface area contributed by atoms with Crippen LogP contribution in [-0.4, -0.2) is 28.0 Å². The highest BCUT2D eigenvalue weighted by molar-refractivity contribution is 5.95. The maximum Gasteiger partial charge on any atom is 0.354 e. The van der Waals surface area contributed by atoms with Gasteiger partial charge in [-0.05, 0) is 30.5 Å². The number of carboxylic acids is 1. The van der Waals surface area contributed by atoms with Gasteiger partial charge in [0.1, 0.15) is 5.69 Å². The first-order chi connectivity index (χ1) is 11.1. The Hall–Kier alpha value is -2.69. The highest BCUT2D eigenvalue weighted by Gasteiger charge is 2.15. The van der Waals surface area contributed by atoms with Gasteiger partial charge in [-0.25, -0.2) is 9.78 Å². The third kappa shape index (κ3) is 4.92. The van der Waals surface area contributed by atoms with Crippen molar-refractivity contribution in [1.82, 2.24) is 10.3 Å². The number of nitrogens with one attached hydrogen (secondary N) is 1. The average molecular weight is 312 g/mol. The second-order valence-corrected chi connectivity index (χ2v) is 5.39.